The first-order chi connectivity index (χ1) is 12.8. The highest BCUT2D eigenvalue weighted by Crippen LogP contribution is 2.21. The number of anilines is 1. The Morgan fingerprint density at radius 3 is 2.70 bits per heavy atom. The molecule has 0 saturated carbocycles. The fraction of sp³-hybridized carbons (Fsp3) is 0.278. The Morgan fingerprint density at radius 1 is 1.22 bits per heavy atom. The second-order valence-electron chi connectivity index (χ2n) is 6.15. The van der Waals surface area contributed by atoms with Crippen LogP contribution in [0.5, 0.6) is 0 Å². The number of carbonyl (C=O) groups excluding carboxylic acids is 1. The predicted octanol–water partition coefficient (Wildman–Crippen LogP) is 2.63. The maximum absolute atomic E-state index is 13.7. The van der Waals surface area contributed by atoms with E-state index in [9.17, 15) is 22.0 Å². The highest BCUT2D eigenvalue weighted by Gasteiger charge is 2.29. The lowest BCUT2D eigenvalue weighted by molar-refractivity contribution is 0.0102. The second-order valence-corrected chi connectivity index (χ2v) is 8.09. The summed E-state index contributed by atoms with van der Waals surface area (Å²) in [4.78, 5) is 12.3. The Balaban J connectivity index is 1.83. The van der Waals surface area contributed by atoms with Gasteiger partial charge in [0.2, 0.25) is 10.0 Å². The molecule has 1 aliphatic rings. The lowest BCUT2D eigenvalue weighted by Crippen LogP contribution is -2.44. The fourth-order valence-electron chi connectivity index (χ4n) is 2.74. The largest absolute Gasteiger partial charge is 0.376 e. The smallest absolute Gasteiger partial charge is 0.255 e. The van der Waals surface area contributed by atoms with E-state index in [1.165, 1.54) is 28.6 Å². The molecule has 144 valence electrons. The van der Waals surface area contributed by atoms with E-state index in [0.29, 0.717) is 12.7 Å². The van der Waals surface area contributed by atoms with Gasteiger partial charge in [-0.25, -0.2) is 17.2 Å². The molecular weight excluding hydrogens is 378 g/mol. The number of nitrogens with one attached hydrogen (secondary N) is 1. The highest BCUT2D eigenvalue weighted by molar-refractivity contribution is 7.89. The molecule has 0 aliphatic carbocycles. The van der Waals surface area contributed by atoms with E-state index in [2.05, 4.69) is 5.32 Å². The van der Waals surface area contributed by atoms with Crippen LogP contribution in [0.2, 0.25) is 0 Å². The van der Waals surface area contributed by atoms with Crippen LogP contribution in [0, 0.1) is 11.6 Å². The molecular formula is C18H18F2N2O4S. The molecule has 27 heavy (non-hydrogen) atoms. The molecule has 0 aromatic heterocycles. The van der Waals surface area contributed by atoms with Gasteiger partial charge < -0.3 is 10.1 Å². The van der Waals surface area contributed by atoms with Crippen molar-refractivity contribution >= 4 is 21.6 Å². The quantitative estimate of drug-likeness (QED) is 0.862. The maximum Gasteiger partial charge on any atom is 0.255 e. The van der Waals surface area contributed by atoms with Crippen molar-refractivity contribution < 1.29 is 26.7 Å². The van der Waals surface area contributed by atoms with E-state index in [1.54, 1.807) is 6.92 Å². The van der Waals surface area contributed by atoms with Crippen LogP contribution >= 0.6 is 0 Å². The van der Waals surface area contributed by atoms with E-state index in [4.69, 9.17) is 4.74 Å². The molecule has 0 radical (unpaired) electrons. The first kappa shape index (κ1) is 19.4. The first-order valence-corrected chi connectivity index (χ1v) is 9.69. The van der Waals surface area contributed by atoms with Gasteiger partial charge in [0, 0.05) is 24.7 Å². The van der Waals surface area contributed by atoms with Crippen molar-refractivity contribution in [1.29, 1.82) is 0 Å². The van der Waals surface area contributed by atoms with Crippen LogP contribution in [0.1, 0.15) is 17.3 Å². The van der Waals surface area contributed by atoms with Crippen molar-refractivity contribution in [1.82, 2.24) is 4.31 Å². The van der Waals surface area contributed by atoms with Crippen molar-refractivity contribution in [2.75, 3.05) is 25.0 Å². The van der Waals surface area contributed by atoms with E-state index in [-0.39, 0.29) is 35.3 Å². The summed E-state index contributed by atoms with van der Waals surface area (Å²) in [6, 6.07) is 8.23. The SMILES string of the molecule is CC1CN(S(=O)(=O)c2cccc(C(=O)Nc3ccc(F)cc3F)c2)CCO1. The Hall–Kier alpha value is -2.36. The lowest BCUT2D eigenvalue weighted by Gasteiger charge is -2.30. The highest BCUT2D eigenvalue weighted by atomic mass is 32.2. The number of ether oxygens (including phenoxy) is 1. The van der Waals surface area contributed by atoms with Crippen molar-refractivity contribution in [3.8, 4) is 0 Å². The summed E-state index contributed by atoms with van der Waals surface area (Å²) in [5, 5.41) is 2.31. The van der Waals surface area contributed by atoms with Crippen LogP contribution in [-0.4, -0.2) is 44.4 Å². The Kier molecular flexibility index (Phi) is 5.54. The van der Waals surface area contributed by atoms with Crippen LogP contribution in [0.3, 0.4) is 0 Å². The van der Waals surface area contributed by atoms with Crippen LogP contribution in [0.15, 0.2) is 47.4 Å². The zero-order valence-electron chi connectivity index (χ0n) is 14.5. The molecule has 1 unspecified atom stereocenters. The minimum atomic E-state index is -3.79. The normalized spacial score (nSPS) is 18.3. The third-order valence-corrected chi connectivity index (χ3v) is 5.98. The first-order valence-electron chi connectivity index (χ1n) is 8.25. The molecule has 0 spiro atoms. The summed E-state index contributed by atoms with van der Waals surface area (Å²) < 4.78 is 58.9. The van der Waals surface area contributed by atoms with Gasteiger partial charge in [-0.15, -0.1) is 0 Å². The summed E-state index contributed by atoms with van der Waals surface area (Å²) in [6.07, 6.45) is -0.221. The average molecular weight is 396 g/mol. The molecule has 2 aromatic carbocycles. The van der Waals surface area contributed by atoms with Gasteiger partial charge in [0.25, 0.3) is 5.91 Å². The molecule has 0 bridgehead atoms. The lowest BCUT2D eigenvalue weighted by atomic mass is 10.2. The number of halogens is 2. The molecule has 1 fully saturated rings. The topological polar surface area (TPSA) is 75.7 Å². The summed E-state index contributed by atoms with van der Waals surface area (Å²) >= 11 is 0. The number of carbonyl (C=O) groups is 1. The van der Waals surface area contributed by atoms with Gasteiger partial charge in [-0.2, -0.15) is 4.31 Å². The number of benzene rings is 2. The molecule has 3 rings (SSSR count). The summed E-state index contributed by atoms with van der Waals surface area (Å²) in [5.41, 5.74) is -0.155. The van der Waals surface area contributed by atoms with Gasteiger partial charge in [-0.3, -0.25) is 4.79 Å². The number of morpholine rings is 1. The number of hydrogen-bond acceptors (Lipinski definition) is 4. The molecule has 9 heteroatoms. The van der Waals surface area contributed by atoms with Crippen LogP contribution in [0.25, 0.3) is 0 Å². The molecule has 1 N–H and O–H groups in total. The monoisotopic (exact) mass is 396 g/mol. The minimum Gasteiger partial charge on any atom is -0.376 e. The number of rotatable bonds is 4. The number of sulfonamides is 1. The molecule has 1 atom stereocenters. The van der Waals surface area contributed by atoms with Crippen LogP contribution < -0.4 is 5.32 Å². The average Bonchev–Trinajstić information content (AvgIpc) is 2.64. The Labute approximate surface area is 155 Å². The van der Waals surface area contributed by atoms with Gasteiger partial charge in [-0.1, -0.05) is 6.07 Å². The van der Waals surface area contributed by atoms with Gasteiger partial charge >= 0.3 is 0 Å². The van der Waals surface area contributed by atoms with Crippen LogP contribution in [-0.2, 0) is 14.8 Å². The number of nitrogens with zero attached hydrogens (tertiary/aromatic N) is 1. The molecule has 1 saturated heterocycles. The zero-order valence-corrected chi connectivity index (χ0v) is 15.3. The van der Waals surface area contributed by atoms with Gasteiger partial charge in [0.15, 0.2) is 0 Å². The van der Waals surface area contributed by atoms with E-state index in [1.807, 2.05) is 0 Å². The van der Waals surface area contributed by atoms with Crippen LogP contribution in [0.4, 0.5) is 14.5 Å². The zero-order chi connectivity index (χ0) is 19.6. The third kappa shape index (κ3) is 4.32. The Morgan fingerprint density at radius 2 is 2.00 bits per heavy atom. The standard InChI is InChI=1S/C18H18F2N2O4S/c1-12-11-22(7-8-26-12)27(24,25)15-4-2-3-13(9-15)18(23)21-17-6-5-14(19)10-16(17)20/h2-6,9-10,12H,7-8,11H2,1H3,(H,21,23). The van der Waals surface area contributed by atoms with Crippen molar-refractivity contribution in [3.63, 3.8) is 0 Å². The van der Waals surface area contributed by atoms with Crippen molar-refractivity contribution in [2.45, 2.75) is 17.9 Å². The number of hydrogen-bond donors (Lipinski definition) is 1. The molecule has 6 nitrogen and oxygen atoms in total. The van der Waals surface area contributed by atoms with Gasteiger partial charge in [0.05, 0.1) is 23.3 Å². The Bertz CT molecular complexity index is 966. The third-order valence-electron chi connectivity index (χ3n) is 4.12. The van der Waals surface area contributed by atoms with E-state index in [0.717, 1.165) is 12.1 Å². The molecule has 1 heterocycles. The maximum atomic E-state index is 13.7. The van der Waals surface area contributed by atoms with Gasteiger partial charge in [0.1, 0.15) is 11.6 Å². The van der Waals surface area contributed by atoms with Gasteiger partial charge in [-0.05, 0) is 37.3 Å². The summed E-state index contributed by atoms with van der Waals surface area (Å²) in [5.74, 6) is -2.39. The predicted molar refractivity (Wildman–Crippen MR) is 94.9 cm³/mol. The molecule has 1 aliphatic heterocycles. The summed E-state index contributed by atoms with van der Waals surface area (Å²) in [7, 11) is -3.79. The summed E-state index contributed by atoms with van der Waals surface area (Å²) in [6.45, 7) is 2.52. The molecule has 2 aromatic rings. The fourth-order valence-corrected chi connectivity index (χ4v) is 4.28. The van der Waals surface area contributed by atoms with E-state index < -0.39 is 27.6 Å². The second kappa shape index (κ2) is 7.71. The van der Waals surface area contributed by atoms with Crippen molar-refractivity contribution in [3.05, 3.63) is 59.7 Å². The van der Waals surface area contributed by atoms with Crippen molar-refractivity contribution in [2.24, 2.45) is 0 Å². The molecule has 1 amide bonds. The number of amides is 1. The van der Waals surface area contributed by atoms with E-state index >= 15 is 0 Å². The minimum absolute atomic E-state index is 0.0381.